The molecular formula is C30H42N2. The van der Waals surface area contributed by atoms with E-state index in [1.165, 1.54) is 88.2 Å². The Bertz CT molecular complexity index is 809. The molecule has 0 radical (unpaired) electrons. The average Bonchev–Trinajstić information content (AvgIpc) is 2.84. The molecule has 1 fully saturated rings. The zero-order valence-corrected chi connectivity index (χ0v) is 20.3. The minimum absolute atomic E-state index is 0.742. The fraction of sp³-hybridized carbons (Fsp3) is 0.533. The van der Waals surface area contributed by atoms with Crippen LogP contribution in [-0.2, 0) is 6.42 Å². The second-order valence-corrected chi connectivity index (χ2v) is 9.57. The van der Waals surface area contributed by atoms with Gasteiger partial charge in [0.25, 0.3) is 0 Å². The fourth-order valence-corrected chi connectivity index (χ4v) is 4.87. The summed E-state index contributed by atoms with van der Waals surface area (Å²) < 4.78 is 0. The highest BCUT2D eigenvalue weighted by molar-refractivity contribution is 5.82. The maximum absolute atomic E-state index is 4.25. The molecule has 1 saturated carbocycles. The Morgan fingerprint density at radius 3 is 1.84 bits per heavy atom. The number of nitrogens with zero attached hydrogens (tertiary/aromatic N) is 2. The van der Waals surface area contributed by atoms with Gasteiger partial charge in [-0.05, 0) is 72.6 Å². The van der Waals surface area contributed by atoms with Crippen molar-refractivity contribution in [3.05, 3.63) is 70.8 Å². The monoisotopic (exact) mass is 430 g/mol. The molecule has 0 aliphatic heterocycles. The van der Waals surface area contributed by atoms with E-state index >= 15 is 0 Å². The molecule has 2 heteroatoms. The van der Waals surface area contributed by atoms with Crippen LogP contribution in [0.4, 0.5) is 0 Å². The Hall–Kier alpha value is -2.22. The van der Waals surface area contributed by atoms with E-state index in [1.54, 1.807) is 0 Å². The van der Waals surface area contributed by atoms with Gasteiger partial charge in [0.1, 0.15) is 0 Å². The molecule has 0 heterocycles. The van der Waals surface area contributed by atoms with E-state index in [0.717, 1.165) is 23.0 Å². The van der Waals surface area contributed by atoms with E-state index in [9.17, 15) is 0 Å². The minimum atomic E-state index is 0.742. The van der Waals surface area contributed by atoms with Crippen molar-refractivity contribution in [3.63, 3.8) is 0 Å². The highest BCUT2D eigenvalue weighted by atomic mass is 15.2. The lowest BCUT2D eigenvalue weighted by Gasteiger charge is -2.29. The van der Waals surface area contributed by atoms with Gasteiger partial charge in [-0.15, -0.1) is 0 Å². The Kier molecular flexibility index (Phi) is 10.7. The molecule has 0 bridgehead atoms. The molecule has 1 aliphatic rings. The lowest BCUT2D eigenvalue weighted by molar-refractivity contribution is 0.303. The predicted molar refractivity (Wildman–Crippen MR) is 140 cm³/mol. The van der Waals surface area contributed by atoms with Crippen LogP contribution in [0, 0.1) is 5.92 Å². The van der Waals surface area contributed by atoms with Crippen molar-refractivity contribution in [1.29, 1.82) is 0 Å². The van der Waals surface area contributed by atoms with Gasteiger partial charge in [0.2, 0.25) is 0 Å². The lowest BCUT2D eigenvalue weighted by Crippen LogP contribution is -2.13. The third-order valence-corrected chi connectivity index (χ3v) is 7.00. The molecule has 2 nitrogen and oxygen atoms in total. The van der Waals surface area contributed by atoms with Gasteiger partial charge >= 0.3 is 0 Å². The van der Waals surface area contributed by atoms with Crippen LogP contribution in [0.5, 0.6) is 0 Å². The lowest BCUT2D eigenvalue weighted by atomic mass is 9.77. The maximum atomic E-state index is 4.25. The molecule has 0 amide bonds. The summed E-state index contributed by atoms with van der Waals surface area (Å²) in [6, 6.07) is 17.6. The third kappa shape index (κ3) is 8.37. The van der Waals surface area contributed by atoms with Crippen molar-refractivity contribution in [1.82, 2.24) is 0 Å². The van der Waals surface area contributed by atoms with Gasteiger partial charge < -0.3 is 0 Å². The van der Waals surface area contributed by atoms with Crippen LogP contribution in [-0.4, -0.2) is 12.4 Å². The summed E-state index contributed by atoms with van der Waals surface area (Å²) in [5.74, 6) is 1.71. The first kappa shape index (κ1) is 24.4. The first-order valence-electron chi connectivity index (χ1n) is 13.0. The van der Waals surface area contributed by atoms with Crippen LogP contribution in [0.15, 0.2) is 58.7 Å². The topological polar surface area (TPSA) is 24.7 Å². The molecule has 0 atom stereocenters. The summed E-state index contributed by atoms with van der Waals surface area (Å²) in [4.78, 5) is 0. The zero-order valence-electron chi connectivity index (χ0n) is 20.3. The number of aryl methyl sites for hydroxylation is 1. The van der Waals surface area contributed by atoms with Gasteiger partial charge in [-0.25, -0.2) is 0 Å². The number of hydrogen-bond acceptors (Lipinski definition) is 2. The molecule has 0 saturated heterocycles. The smallest absolute Gasteiger partial charge is 0.0568 e. The summed E-state index contributed by atoms with van der Waals surface area (Å²) >= 11 is 0. The SMILES string of the molecule is CCCCCc1ccc(/C=N/N=C/c2ccc(C3CCC(CCCCC)CC3)cc2)cc1. The molecule has 2 aromatic carbocycles. The minimum Gasteiger partial charge on any atom is -0.159 e. The predicted octanol–water partition coefficient (Wildman–Crippen LogP) is 8.73. The van der Waals surface area contributed by atoms with Gasteiger partial charge in [0, 0.05) is 0 Å². The average molecular weight is 431 g/mol. The van der Waals surface area contributed by atoms with E-state index in [0.29, 0.717) is 0 Å². The van der Waals surface area contributed by atoms with Crippen LogP contribution in [0.1, 0.15) is 113 Å². The van der Waals surface area contributed by atoms with Crippen LogP contribution >= 0.6 is 0 Å². The van der Waals surface area contributed by atoms with Crippen molar-refractivity contribution in [2.45, 2.75) is 96.8 Å². The van der Waals surface area contributed by atoms with E-state index in [-0.39, 0.29) is 0 Å². The largest absolute Gasteiger partial charge is 0.159 e. The van der Waals surface area contributed by atoms with Crippen molar-refractivity contribution < 1.29 is 0 Å². The Balaban J connectivity index is 1.42. The van der Waals surface area contributed by atoms with E-state index in [4.69, 9.17) is 0 Å². The van der Waals surface area contributed by atoms with Crippen molar-refractivity contribution in [2.24, 2.45) is 16.1 Å². The quantitative estimate of drug-likeness (QED) is 0.183. The van der Waals surface area contributed by atoms with Crippen molar-refractivity contribution in [2.75, 3.05) is 0 Å². The highest BCUT2D eigenvalue weighted by Crippen LogP contribution is 2.37. The molecule has 0 unspecified atom stereocenters. The van der Waals surface area contributed by atoms with Crippen LogP contribution in [0.3, 0.4) is 0 Å². The standard InChI is InChI=1S/C30H42N2/c1-3-5-7-9-25-11-13-27(14-12-25)23-31-32-24-28-17-21-30(22-18-28)29-19-15-26(16-20-29)10-8-6-4-2/h11-14,17-18,21-24,26,29H,3-10,15-16,19-20H2,1-2H3/b31-23+,32-24+. The number of benzene rings is 2. The molecule has 3 rings (SSSR count). The molecular weight excluding hydrogens is 388 g/mol. The van der Waals surface area contributed by atoms with Crippen LogP contribution < -0.4 is 0 Å². The Morgan fingerprint density at radius 1 is 0.688 bits per heavy atom. The molecule has 1 aliphatic carbocycles. The summed E-state index contributed by atoms with van der Waals surface area (Å²) in [6.45, 7) is 4.54. The summed E-state index contributed by atoms with van der Waals surface area (Å²) in [5, 5.41) is 8.49. The number of rotatable bonds is 12. The van der Waals surface area contributed by atoms with Gasteiger partial charge in [0.15, 0.2) is 0 Å². The van der Waals surface area contributed by atoms with E-state index in [1.807, 2.05) is 12.4 Å². The summed E-state index contributed by atoms with van der Waals surface area (Å²) in [7, 11) is 0. The van der Waals surface area contributed by atoms with Crippen LogP contribution in [0.25, 0.3) is 0 Å². The Morgan fingerprint density at radius 2 is 1.25 bits per heavy atom. The number of unbranched alkanes of at least 4 members (excludes halogenated alkanes) is 4. The van der Waals surface area contributed by atoms with E-state index < -0.39 is 0 Å². The first-order valence-corrected chi connectivity index (χ1v) is 13.0. The van der Waals surface area contributed by atoms with Crippen molar-refractivity contribution >= 4 is 12.4 Å². The fourth-order valence-electron chi connectivity index (χ4n) is 4.87. The van der Waals surface area contributed by atoms with Crippen LogP contribution in [0.2, 0.25) is 0 Å². The highest BCUT2D eigenvalue weighted by Gasteiger charge is 2.21. The molecule has 172 valence electrons. The molecule has 0 spiro atoms. The summed E-state index contributed by atoms with van der Waals surface area (Å²) in [6.07, 6.45) is 19.8. The van der Waals surface area contributed by atoms with Gasteiger partial charge in [-0.2, -0.15) is 10.2 Å². The maximum Gasteiger partial charge on any atom is 0.0568 e. The second-order valence-electron chi connectivity index (χ2n) is 9.57. The van der Waals surface area contributed by atoms with Crippen molar-refractivity contribution in [3.8, 4) is 0 Å². The molecule has 32 heavy (non-hydrogen) atoms. The molecule has 0 N–H and O–H groups in total. The molecule has 0 aromatic heterocycles. The van der Waals surface area contributed by atoms with E-state index in [2.05, 4.69) is 72.6 Å². The third-order valence-electron chi connectivity index (χ3n) is 7.00. The van der Waals surface area contributed by atoms with Gasteiger partial charge in [-0.3, -0.25) is 0 Å². The number of hydrogen-bond donors (Lipinski definition) is 0. The van der Waals surface area contributed by atoms with Gasteiger partial charge in [-0.1, -0.05) is 101 Å². The molecule has 2 aromatic rings. The van der Waals surface area contributed by atoms with Gasteiger partial charge in [0.05, 0.1) is 12.4 Å². The summed E-state index contributed by atoms with van der Waals surface area (Å²) in [5.41, 5.74) is 5.12. The normalized spacial score (nSPS) is 19.2. The second kappa shape index (κ2) is 14.0. The first-order chi connectivity index (χ1) is 15.8. The zero-order chi connectivity index (χ0) is 22.4. The Labute approximate surface area is 196 Å².